The van der Waals surface area contributed by atoms with Crippen molar-refractivity contribution in [1.82, 2.24) is 24.5 Å². The van der Waals surface area contributed by atoms with E-state index < -0.39 is 17.6 Å². The van der Waals surface area contributed by atoms with Crippen molar-refractivity contribution in [2.45, 2.75) is 32.5 Å². The largest absolute Gasteiger partial charge is 0.451 e. The molecular weight excluding hydrogens is 299 g/mol. The summed E-state index contributed by atoms with van der Waals surface area (Å²) in [5, 5.41) is 1.93. The molecule has 1 fully saturated rings. The van der Waals surface area contributed by atoms with Crippen LogP contribution < -0.4 is 5.56 Å². The van der Waals surface area contributed by atoms with Gasteiger partial charge in [0.2, 0.25) is 5.82 Å². The Morgan fingerprint density at radius 2 is 2.00 bits per heavy atom. The molecule has 120 valence electrons. The molecule has 3 rings (SSSR count). The quantitative estimate of drug-likeness (QED) is 0.915. The predicted octanol–water partition coefficient (Wildman–Crippen LogP) is 1.67. The van der Waals surface area contributed by atoms with Gasteiger partial charge in [-0.05, 0) is 31.8 Å². The fourth-order valence-electron chi connectivity index (χ4n) is 2.58. The van der Waals surface area contributed by atoms with Crippen molar-refractivity contribution in [2.24, 2.45) is 5.92 Å². The van der Waals surface area contributed by atoms with Crippen LogP contribution in [0.1, 0.15) is 31.3 Å². The molecule has 2 aromatic rings. The smallest absolute Gasteiger partial charge is 0.297 e. The highest BCUT2D eigenvalue weighted by Gasteiger charge is 2.35. The molecule has 2 aromatic heterocycles. The standard InChI is InChI=1S/C13H16F3N5O/c1-8-2-4-20(5-3-8)7-9-6-10(22)21-12(17-9)18-11(19-21)13(14,15)16/h6,8H,2-5,7H2,1H3,(H,17,18,19). The van der Waals surface area contributed by atoms with E-state index in [2.05, 4.69) is 21.8 Å². The molecular formula is C13H16F3N5O. The summed E-state index contributed by atoms with van der Waals surface area (Å²) in [7, 11) is 0. The third-order valence-corrected chi connectivity index (χ3v) is 3.91. The van der Waals surface area contributed by atoms with Crippen LogP contribution in [0, 0.1) is 5.92 Å². The summed E-state index contributed by atoms with van der Waals surface area (Å²) in [5.41, 5.74) is -0.145. The number of nitrogens with zero attached hydrogens (tertiary/aromatic N) is 4. The lowest BCUT2D eigenvalue weighted by atomic mass is 9.99. The summed E-state index contributed by atoms with van der Waals surface area (Å²) < 4.78 is 38.6. The summed E-state index contributed by atoms with van der Waals surface area (Å²) in [5.74, 6) is -0.792. The fourth-order valence-corrected chi connectivity index (χ4v) is 2.58. The minimum absolute atomic E-state index is 0.250. The number of nitrogens with one attached hydrogen (secondary N) is 1. The van der Waals surface area contributed by atoms with E-state index in [9.17, 15) is 18.0 Å². The molecule has 0 saturated carbocycles. The molecule has 0 aliphatic carbocycles. The maximum atomic E-state index is 12.6. The first-order valence-corrected chi connectivity index (χ1v) is 7.11. The molecule has 3 heterocycles. The number of rotatable bonds is 2. The zero-order valence-corrected chi connectivity index (χ0v) is 12.0. The lowest BCUT2D eigenvalue weighted by Gasteiger charge is -2.29. The second kappa shape index (κ2) is 5.38. The van der Waals surface area contributed by atoms with Gasteiger partial charge >= 0.3 is 6.18 Å². The summed E-state index contributed by atoms with van der Waals surface area (Å²) >= 11 is 0. The topological polar surface area (TPSA) is 66.3 Å². The van der Waals surface area contributed by atoms with Crippen LogP contribution in [0.4, 0.5) is 13.2 Å². The molecule has 1 aliphatic rings. The molecule has 1 N–H and O–H groups in total. The van der Waals surface area contributed by atoms with Gasteiger partial charge in [-0.2, -0.15) is 22.7 Å². The van der Waals surface area contributed by atoms with Crippen LogP contribution in [0.5, 0.6) is 0 Å². The highest BCUT2D eigenvalue weighted by Crippen LogP contribution is 2.26. The monoisotopic (exact) mass is 315 g/mol. The van der Waals surface area contributed by atoms with E-state index in [4.69, 9.17) is 0 Å². The Bertz CT molecular complexity index is 727. The van der Waals surface area contributed by atoms with E-state index in [1.54, 1.807) is 0 Å². The SMILES string of the molecule is CC1CCN(Cc2cc(=O)n3[nH]c(C(F)(F)F)nc3n2)CC1. The minimum atomic E-state index is -4.64. The Morgan fingerprint density at radius 1 is 1.32 bits per heavy atom. The highest BCUT2D eigenvalue weighted by molar-refractivity contribution is 5.28. The van der Waals surface area contributed by atoms with Gasteiger partial charge in [-0.25, -0.2) is 4.98 Å². The summed E-state index contributed by atoms with van der Waals surface area (Å²) in [6, 6.07) is 1.25. The van der Waals surface area contributed by atoms with Crippen molar-refractivity contribution in [1.29, 1.82) is 0 Å². The molecule has 9 heteroatoms. The number of aromatic amines is 1. The second-order valence-electron chi connectivity index (χ2n) is 5.75. The molecule has 0 bridgehead atoms. The van der Waals surface area contributed by atoms with Crippen molar-refractivity contribution in [2.75, 3.05) is 13.1 Å². The first kappa shape index (κ1) is 15.0. The highest BCUT2D eigenvalue weighted by atomic mass is 19.4. The minimum Gasteiger partial charge on any atom is -0.297 e. The van der Waals surface area contributed by atoms with Crippen molar-refractivity contribution in [3.63, 3.8) is 0 Å². The number of fused-ring (bicyclic) bond motifs is 1. The number of piperidine rings is 1. The van der Waals surface area contributed by atoms with Crippen LogP contribution >= 0.6 is 0 Å². The van der Waals surface area contributed by atoms with Crippen LogP contribution in [0.25, 0.3) is 5.78 Å². The van der Waals surface area contributed by atoms with Crippen LogP contribution in [0.3, 0.4) is 0 Å². The number of aromatic nitrogens is 4. The van der Waals surface area contributed by atoms with Crippen LogP contribution in [-0.4, -0.2) is 37.6 Å². The van der Waals surface area contributed by atoms with Crippen LogP contribution in [0.15, 0.2) is 10.9 Å². The fraction of sp³-hybridized carbons (Fsp3) is 0.615. The van der Waals surface area contributed by atoms with E-state index in [1.807, 2.05) is 5.10 Å². The Balaban J connectivity index is 1.87. The molecule has 6 nitrogen and oxygen atoms in total. The van der Waals surface area contributed by atoms with Gasteiger partial charge in [-0.15, -0.1) is 0 Å². The lowest BCUT2D eigenvalue weighted by Crippen LogP contribution is -2.33. The Morgan fingerprint density at radius 3 is 2.64 bits per heavy atom. The van der Waals surface area contributed by atoms with Gasteiger partial charge < -0.3 is 0 Å². The van der Waals surface area contributed by atoms with Crippen molar-refractivity contribution in [3.8, 4) is 0 Å². The Kier molecular flexibility index (Phi) is 3.67. The second-order valence-corrected chi connectivity index (χ2v) is 5.75. The normalized spacial score (nSPS) is 18.2. The molecule has 0 unspecified atom stereocenters. The number of hydrogen-bond acceptors (Lipinski definition) is 4. The average molecular weight is 315 g/mol. The number of likely N-dealkylation sites (tertiary alicyclic amines) is 1. The van der Waals surface area contributed by atoms with Crippen LogP contribution in [0.2, 0.25) is 0 Å². The first-order valence-electron chi connectivity index (χ1n) is 7.11. The summed E-state index contributed by atoms with van der Waals surface area (Å²) in [6.45, 7) is 4.44. The van der Waals surface area contributed by atoms with Gasteiger partial charge in [0.1, 0.15) is 0 Å². The Labute approximate surface area is 124 Å². The van der Waals surface area contributed by atoms with E-state index in [0.29, 0.717) is 22.7 Å². The van der Waals surface area contributed by atoms with Crippen molar-refractivity contribution >= 4 is 5.78 Å². The molecule has 0 atom stereocenters. The molecule has 22 heavy (non-hydrogen) atoms. The first-order chi connectivity index (χ1) is 10.3. The number of H-pyrrole nitrogens is 1. The maximum absolute atomic E-state index is 12.6. The van der Waals surface area contributed by atoms with Gasteiger partial charge in [0.15, 0.2) is 0 Å². The number of alkyl halides is 3. The van der Waals surface area contributed by atoms with E-state index in [0.717, 1.165) is 25.9 Å². The molecule has 1 aliphatic heterocycles. The van der Waals surface area contributed by atoms with E-state index >= 15 is 0 Å². The molecule has 1 saturated heterocycles. The van der Waals surface area contributed by atoms with Crippen molar-refractivity contribution in [3.05, 3.63) is 27.9 Å². The summed E-state index contributed by atoms with van der Waals surface area (Å²) in [4.78, 5) is 21.5. The predicted molar refractivity (Wildman–Crippen MR) is 72.3 cm³/mol. The average Bonchev–Trinajstić information content (AvgIpc) is 2.86. The molecule has 0 spiro atoms. The third kappa shape index (κ3) is 2.99. The number of halogens is 3. The van der Waals surface area contributed by atoms with Gasteiger partial charge in [0.05, 0.1) is 5.69 Å². The van der Waals surface area contributed by atoms with Crippen LogP contribution in [-0.2, 0) is 12.7 Å². The Hall–Kier alpha value is -1.90. The van der Waals surface area contributed by atoms with Gasteiger partial charge in [0, 0.05) is 12.6 Å². The van der Waals surface area contributed by atoms with E-state index in [-0.39, 0.29) is 5.78 Å². The van der Waals surface area contributed by atoms with Gasteiger partial charge in [-0.3, -0.25) is 14.8 Å². The molecule has 0 aromatic carbocycles. The van der Waals surface area contributed by atoms with Gasteiger partial charge in [-0.1, -0.05) is 6.92 Å². The van der Waals surface area contributed by atoms with Gasteiger partial charge in [0.25, 0.3) is 11.3 Å². The maximum Gasteiger partial charge on any atom is 0.451 e. The lowest BCUT2D eigenvalue weighted by molar-refractivity contribution is -0.144. The zero-order chi connectivity index (χ0) is 15.9. The molecule has 0 amide bonds. The van der Waals surface area contributed by atoms with Crippen molar-refractivity contribution < 1.29 is 13.2 Å². The number of hydrogen-bond donors (Lipinski definition) is 1. The zero-order valence-electron chi connectivity index (χ0n) is 12.0. The molecule has 0 radical (unpaired) electrons. The summed E-state index contributed by atoms with van der Waals surface area (Å²) in [6.07, 6.45) is -2.49. The third-order valence-electron chi connectivity index (χ3n) is 3.91. The van der Waals surface area contributed by atoms with E-state index in [1.165, 1.54) is 6.07 Å².